The van der Waals surface area contributed by atoms with Gasteiger partial charge in [0.2, 0.25) is 0 Å². The fourth-order valence-corrected chi connectivity index (χ4v) is 5.78. The minimum absolute atomic E-state index is 0.309. The van der Waals surface area contributed by atoms with Gasteiger partial charge in [-0.05, 0) is 41.9 Å². The molecule has 0 aromatic heterocycles. The number of hydrogen-bond donors (Lipinski definition) is 1. The van der Waals surface area contributed by atoms with E-state index >= 15 is 0 Å². The Bertz CT molecular complexity index is 959. The summed E-state index contributed by atoms with van der Waals surface area (Å²) in [6, 6.07) is 41.7. The molecule has 0 fully saturated rings. The van der Waals surface area contributed by atoms with Crippen LogP contribution in [0.1, 0.15) is 24.1 Å². The first-order valence-electron chi connectivity index (χ1n) is 10.1. The van der Waals surface area contributed by atoms with Crippen molar-refractivity contribution in [3.05, 3.63) is 126 Å². The minimum atomic E-state index is -0.542. The highest BCUT2D eigenvalue weighted by molar-refractivity contribution is 7.79. The molecule has 4 aromatic rings. The molecule has 1 N–H and O–H groups in total. The zero-order valence-corrected chi connectivity index (χ0v) is 17.6. The van der Waals surface area contributed by atoms with E-state index in [2.05, 4.69) is 128 Å². The van der Waals surface area contributed by atoms with Gasteiger partial charge in [0.15, 0.2) is 0 Å². The molecule has 1 nitrogen and oxygen atoms in total. The maximum absolute atomic E-state index is 3.63. The zero-order chi connectivity index (χ0) is 19.9. The summed E-state index contributed by atoms with van der Waals surface area (Å²) >= 11 is 0. The molecule has 29 heavy (non-hydrogen) atoms. The molecule has 1 atom stereocenters. The van der Waals surface area contributed by atoms with Gasteiger partial charge in [0.1, 0.15) is 0 Å². The van der Waals surface area contributed by atoms with E-state index in [1.807, 2.05) is 0 Å². The van der Waals surface area contributed by atoms with E-state index in [-0.39, 0.29) is 0 Å². The molecule has 0 saturated heterocycles. The molecule has 4 rings (SSSR count). The Morgan fingerprint density at radius 2 is 1.03 bits per heavy atom. The maximum atomic E-state index is 3.63. The van der Waals surface area contributed by atoms with E-state index in [4.69, 9.17) is 0 Å². The van der Waals surface area contributed by atoms with Crippen molar-refractivity contribution in [3.8, 4) is 0 Å². The van der Waals surface area contributed by atoms with Crippen LogP contribution >= 0.6 is 7.92 Å². The van der Waals surface area contributed by atoms with Gasteiger partial charge in [-0.15, -0.1) is 0 Å². The van der Waals surface area contributed by atoms with Crippen LogP contribution < -0.4 is 21.2 Å². The summed E-state index contributed by atoms with van der Waals surface area (Å²) < 4.78 is 0. The first-order chi connectivity index (χ1) is 14.3. The van der Waals surface area contributed by atoms with Crippen molar-refractivity contribution in [3.63, 3.8) is 0 Å². The largest absolute Gasteiger partial charge is 0.306 e. The summed E-state index contributed by atoms with van der Waals surface area (Å²) in [5.74, 6) is 0. The lowest BCUT2D eigenvalue weighted by atomic mass is 10.1. The zero-order valence-electron chi connectivity index (χ0n) is 16.7. The van der Waals surface area contributed by atoms with Crippen LogP contribution in [-0.4, -0.2) is 0 Å². The van der Waals surface area contributed by atoms with E-state index in [0.717, 1.165) is 6.54 Å². The molecule has 144 valence electrons. The lowest BCUT2D eigenvalue weighted by Crippen LogP contribution is -2.21. The third kappa shape index (κ3) is 5.01. The van der Waals surface area contributed by atoms with Crippen LogP contribution in [0, 0.1) is 0 Å². The third-order valence-corrected chi connectivity index (χ3v) is 7.58. The van der Waals surface area contributed by atoms with Crippen LogP contribution in [-0.2, 0) is 6.54 Å². The van der Waals surface area contributed by atoms with Crippen LogP contribution in [0.3, 0.4) is 0 Å². The summed E-state index contributed by atoms with van der Waals surface area (Å²) in [5.41, 5.74) is 2.63. The molecular formula is C27H26NP. The Kier molecular flexibility index (Phi) is 6.52. The van der Waals surface area contributed by atoms with Crippen molar-refractivity contribution < 1.29 is 0 Å². The van der Waals surface area contributed by atoms with E-state index in [9.17, 15) is 0 Å². The van der Waals surface area contributed by atoms with Gasteiger partial charge in [-0.1, -0.05) is 115 Å². The topological polar surface area (TPSA) is 12.0 Å². The smallest absolute Gasteiger partial charge is 0.0294 e. The summed E-state index contributed by atoms with van der Waals surface area (Å²) in [7, 11) is -0.542. The van der Waals surface area contributed by atoms with Crippen LogP contribution in [0.15, 0.2) is 115 Å². The lowest BCUT2D eigenvalue weighted by molar-refractivity contribution is 0.575. The highest BCUT2D eigenvalue weighted by Gasteiger charge is 2.16. The lowest BCUT2D eigenvalue weighted by Gasteiger charge is -2.20. The van der Waals surface area contributed by atoms with Gasteiger partial charge >= 0.3 is 0 Å². The summed E-state index contributed by atoms with van der Waals surface area (Å²) in [5, 5.41) is 7.79. The molecule has 4 aromatic carbocycles. The predicted octanol–water partition coefficient (Wildman–Crippen LogP) is 5.30. The van der Waals surface area contributed by atoms with Crippen LogP contribution in [0.25, 0.3) is 0 Å². The van der Waals surface area contributed by atoms with Crippen LogP contribution in [0.2, 0.25) is 0 Å². The normalized spacial score (nSPS) is 12.1. The van der Waals surface area contributed by atoms with Gasteiger partial charge in [0, 0.05) is 12.6 Å². The maximum Gasteiger partial charge on any atom is 0.0294 e. The van der Waals surface area contributed by atoms with Crippen molar-refractivity contribution in [1.82, 2.24) is 5.32 Å². The Hall–Kier alpha value is -2.73. The van der Waals surface area contributed by atoms with Crippen molar-refractivity contribution in [1.29, 1.82) is 0 Å². The molecular weight excluding hydrogens is 369 g/mol. The molecule has 0 spiro atoms. The van der Waals surface area contributed by atoms with Crippen LogP contribution in [0.4, 0.5) is 0 Å². The molecule has 2 heteroatoms. The van der Waals surface area contributed by atoms with Crippen molar-refractivity contribution in [2.45, 2.75) is 19.5 Å². The average Bonchev–Trinajstić information content (AvgIpc) is 2.80. The van der Waals surface area contributed by atoms with Gasteiger partial charge in [-0.3, -0.25) is 0 Å². The second-order valence-corrected chi connectivity index (χ2v) is 9.41. The highest BCUT2D eigenvalue weighted by atomic mass is 31.1. The first kappa shape index (κ1) is 19.6. The first-order valence-corrected chi connectivity index (χ1v) is 11.4. The number of rotatable bonds is 7. The molecule has 0 saturated carbocycles. The van der Waals surface area contributed by atoms with Crippen molar-refractivity contribution in [2.24, 2.45) is 0 Å². The quantitative estimate of drug-likeness (QED) is 0.419. The fraction of sp³-hybridized carbons (Fsp3) is 0.111. The van der Waals surface area contributed by atoms with Gasteiger partial charge < -0.3 is 5.32 Å². The summed E-state index contributed by atoms with van der Waals surface area (Å²) in [6.45, 7) is 3.11. The standard InChI is InChI=1S/C27H26NP/c1-22(28-21-23-11-5-2-6-12-23)24-17-19-27(20-18-24)29(25-13-7-3-8-14-25)26-15-9-4-10-16-26/h2-20,22,28H,21H2,1H3/t22-/m0/s1. The van der Waals surface area contributed by atoms with Gasteiger partial charge in [-0.25, -0.2) is 0 Å². The van der Waals surface area contributed by atoms with Gasteiger partial charge in [-0.2, -0.15) is 0 Å². The van der Waals surface area contributed by atoms with E-state index in [1.165, 1.54) is 27.0 Å². The van der Waals surface area contributed by atoms with Crippen molar-refractivity contribution in [2.75, 3.05) is 0 Å². The molecule has 0 bridgehead atoms. The Morgan fingerprint density at radius 3 is 1.55 bits per heavy atom. The average molecular weight is 395 g/mol. The molecule has 0 aliphatic carbocycles. The minimum Gasteiger partial charge on any atom is -0.306 e. The highest BCUT2D eigenvalue weighted by Crippen LogP contribution is 2.32. The molecule has 0 aliphatic rings. The predicted molar refractivity (Wildman–Crippen MR) is 127 cm³/mol. The Labute approximate surface area is 175 Å². The third-order valence-electron chi connectivity index (χ3n) is 5.14. The SMILES string of the molecule is C[C@H](NCc1ccccc1)c1ccc(P(c2ccccc2)c2ccccc2)cc1. The molecule has 0 heterocycles. The Balaban J connectivity index is 1.54. The van der Waals surface area contributed by atoms with E-state index in [0.29, 0.717) is 6.04 Å². The van der Waals surface area contributed by atoms with Gasteiger partial charge in [0.05, 0.1) is 0 Å². The van der Waals surface area contributed by atoms with Gasteiger partial charge in [0.25, 0.3) is 0 Å². The number of benzene rings is 4. The monoisotopic (exact) mass is 395 g/mol. The molecule has 0 amide bonds. The number of hydrogen-bond acceptors (Lipinski definition) is 1. The Morgan fingerprint density at radius 1 is 0.586 bits per heavy atom. The molecule has 0 radical (unpaired) electrons. The number of nitrogens with one attached hydrogen (secondary N) is 1. The van der Waals surface area contributed by atoms with Crippen LogP contribution in [0.5, 0.6) is 0 Å². The van der Waals surface area contributed by atoms with E-state index in [1.54, 1.807) is 0 Å². The second kappa shape index (κ2) is 9.65. The second-order valence-electron chi connectivity index (χ2n) is 7.19. The summed E-state index contributed by atoms with van der Waals surface area (Å²) in [6.07, 6.45) is 0. The fourth-order valence-electron chi connectivity index (χ4n) is 3.50. The molecule has 0 aliphatic heterocycles. The van der Waals surface area contributed by atoms with E-state index < -0.39 is 7.92 Å². The molecule has 0 unspecified atom stereocenters. The summed E-state index contributed by atoms with van der Waals surface area (Å²) in [4.78, 5) is 0. The van der Waals surface area contributed by atoms with Crippen molar-refractivity contribution >= 4 is 23.8 Å².